The average Bonchev–Trinajstić information content (AvgIpc) is 2.50. The first kappa shape index (κ1) is 10.5. The van der Waals surface area contributed by atoms with E-state index >= 15 is 0 Å². The third kappa shape index (κ3) is 3.74. The van der Waals surface area contributed by atoms with Crippen molar-refractivity contribution in [3.05, 3.63) is 0 Å². The Kier molecular flexibility index (Phi) is 3.27. The molecule has 0 aromatic rings. The van der Waals surface area contributed by atoms with Gasteiger partial charge in [0.2, 0.25) is 0 Å². The van der Waals surface area contributed by atoms with Gasteiger partial charge in [-0.15, -0.1) is 0 Å². The van der Waals surface area contributed by atoms with Crippen LogP contribution in [0.15, 0.2) is 0 Å². The number of carbonyl (C=O) groups is 1. The summed E-state index contributed by atoms with van der Waals surface area (Å²) in [7, 11) is 0. The first-order valence-electron chi connectivity index (χ1n) is 4.70. The van der Waals surface area contributed by atoms with Crippen LogP contribution in [0, 0.1) is 0 Å². The fourth-order valence-electron chi connectivity index (χ4n) is 1.18. The number of nitrogens with one attached hydrogen (secondary N) is 2. The fourth-order valence-corrected chi connectivity index (χ4v) is 1.18. The van der Waals surface area contributed by atoms with Crippen molar-refractivity contribution in [3.63, 3.8) is 0 Å². The molecule has 1 unspecified atom stereocenters. The van der Waals surface area contributed by atoms with Crippen molar-refractivity contribution in [2.45, 2.75) is 45.3 Å². The van der Waals surface area contributed by atoms with Crippen LogP contribution in [0.1, 0.15) is 33.6 Å². The Morgan fingerprint density at radius 2 is 2.23 bits per heavy atom. The van der Waals surface area contributed by atoms with Crippen LogP contribution in [0.3, 0.4) is 0 Å². The Morgan fingerprint density at radius 3 is 2.69 bits per heavy atom. The molecule has 13 heavy (non-hydrogen) atoms. The summed E-state index contributed by atoms with van der Waals surface area (Å²) >= 11 is 0. The summed E-state index contributed by atoms with van der Waals surface area (Å²) in [4.78, 5) is 16.6. The van der Waals surface area contributed by atoms with Gasteiger partial charge in [0.05, 0.1) is 11.6 Å². The first-order valence-corrected chi connectivity index (χ1v) is 4.70. The molecule has 0 saturated carbocycles. The zero-order valence-corrected chi connectivity index (χ0v) is 8.52. The molecule has 0 spiro atoms. The standard InChI is InChI=1S/C9H18N2O2/c1-9(2,3)13-11-8(12)7-5-4-6-10-7/h7,10H,4-6H2,1-3H3,(H,11,12). The predicted octanol–water partition coefficient (Wildman–Crippen LogP) is 0.585. The van der Waals surface area contributed by atoms with Gasteiger partial charge in [0.1, 0.15) is 0 Å². The van der Waals surface area contributed by atoms with Gasteiger partial charge in [0.15, 0.2) is 0 Å². The van der Waals surface area contributed by atoms with Gasteiger partial charge in [-0.2, -0.15) is 0 Å². The fraction of sp³-hybridized carbons (Fsp3) is 0.889. The quantitative estimate of drug-likeness (QED) is 0.620. The van der Waals surface area contributed by atoms with Crippen molar-refractivity contribution in [3.8, 4) is 0 Å². The van der Waals surface area contributed by atoms with Gasteiger partial charge in [-0.25, -0.2) is 5.48 Å². The van der Waals surface area contributed by atoms with E-state index in [1.807, 2.05) is 20.8 Å². The summed E-state index contributed by atoms with van der Waals surface area (Å²) in [6.07, 6.45) is 1.97. The van der Waals surface area contributed by atoms with Crippen LogP contribution >= 0.6 is 0 Å². The van der Waals surface area contributed by atoms with Crippen LogP contribution in [0.5, 0.6) is 0 Å². The topological polar surface area (TPSA) is 50.4 Å². The lowest BCUT2D eigenvalue weighted by molar-refractivity contribution is -0.147. The first-order chi connectivity index (χ1) is 5.99. The highest BCUT2D eigenvalue weighted by atomic mass is 16.7. The summed E-state index contributed by atoms with van der Waals surface area (Å²) in [5.74, 6) is -0.0626. The van der Waals surface area contributed by atoms with E-state index in [2.05, 4.69) is 10.8 Å². The summed E-state index contributed by atoms with van der Waals surface area (Å²) in [5, 5.41) is 3.10. The van der Waals surface area contributed by atoms with Gasteiger partial charge >= 0.3 is 0 Å². The number of hydrogen-bond acceptors (Lipinski definition) is 3. The second-order valence-corrected chi connectivity index (χ2v) is 4.33. The van der Waals surface area contributed by atoms with E-state index in [0.29, 0.717) is 0 Å². The summed E-state index contributed by atoms with van der Waals surface area (Å²) in [6.45, 7) is 6.62. The van der Waals surface area contributed by atoms with Crippen LogP contribution in [-0.2, 0) is 9.63 Å². The monoisotopic (exact) mass is 186 g/mol. The SMILES string of the molecule is CC(C)(C)ONC(=O)C1CCCN1. The molecule has 4 nitrogen and oxygen atoms in total. The minimum absolute atomic E-state index is 0.0626. The molecule has 1 aliphatic rings. The number of carbonyl (C=O) groups excluding carboxylic acids is 1. The van der Waals surface area contributed by atoms with Crippen LogP contribution in [-0.4, -0.2) is 24.1 Å². The van der Waals surface area contributed by atoms with Crippen molar-refractivity contribution >= 4 is 5.91 Å². The Labute approximate surface area is 79.0 Å². The molecule has 0 aliphatic carbocycles. The molecule has 1 aliphatic heterocycles. The zero-order valence-electron chi connectivity index (χ0n) is 8.52. The van der Waals surface area contributed by atoms with Gasteiger partial charge < -0.3 is 5.32 Å². The van der Waals surface area contributed by atoms with E-state index in [-0.39, 0.29) is 17.6 Å². The molecule has 1 amide bonds. The lowest BCUT2D eigenvalue weighted by Crippen LogP contribution is -2.43. The van der Waals surface area contributed by atoms with E-state index in [4.69, 9.17) is 4.84 Å². The number of rotatable bonds is 2. The Morgan fingerprint density at radius 1 is 1.54 bits per heavy atom. The van der Waals surface area contributed by atoms with Crippen molar-refractivity contribution in [2.24, 2.45) is 0 Å². The minimum atomic E-state index is -0.325. The molecule has 0 aromatic carbocycles. The maximum absolute atomic E-state index is 11.4. The van der Waals surface area contributed by atoms with Gasteiger partial charge in [0, 0.05) is 0 Å². The van der Waals surface area contributed by atoms with Crippen molar-refractivity contribution < 1.29 is 9.63 Å². The van der Waals surface area contributed by atoms with E-state index in [0.717, 1.165) is 19.4 Å². The van der Waals surface area contributed by atoms with Gasteiger partial charge in [-0.05, 0) is 40.2 Å². The lowest BCUT2D eigenvalue weighted by atomic mass is 10.2. The smallest absolute Gasteiger partial charge is 0.260 e. The normalized spacial score (nSPS) is 23.2. The summed E-state index contributed by atoms with van der Waals surface area (Å²) in [6, 6.07) is -0.0673. The number of hydroxylamine groups is 1. The summed E-state index contributed by atoms with van der Waals surface area (Å²) in [5.41, 5.74) is 2.14. The van der Waals surface area contributed by atoms with E-state index in [1.165, 1.54) is 0 Å². The molecule has 2 N–H and O–H groups in total. The van der Waals surface area contributed by atoms with Crippen LogP contribution in [0.25, 0.3) is 0 Å². The highest BCUT2D eigenvalue weighted by molar-refractivity contribution is 5.81. The lowest BCUT2D eigenvalue weighted by Gasteiger charge is -2.20. The molecule has 1 atom stereocenters. The highest BCUT2D eigenvalue weighted by Crippen LogP contribution is 2.07. The molecular formula is C9H18N2O2. The Balaban J connectivity index is 2.25. The summed E-state index contributed by atoms with van der Waals surface area (Å²) < 4.78 is 0. The molecule has 1 fully saturated rings. The molecule has 1 rings (SSSR count). The van der Waals surface area contributed by atoms with E-state index in [9.17, 15) is 4.79 Å². The van der Waals surface area contributed by atoms with Gasteiger partial charge in [-0.1, -0.05) is 0 Å². The van der Waals surface area contributed by atoms with Gasteiger partial charge in [-0.3, -0.25) is 9.63 Å². The number of amides is 1. The number of hydrogen-bond donors (Lipinski definition) is 2. The average molecular weight is 186 g/mol. The van der Waals surface area contributed by atoms with Crippen LogP contribution in [0.2, 0.25) is 0 Å². The Hall–Kier alpha value is -0.610. The second-order valence-electron chi connectivity index (χ2n) is 4.33. The molecule has 0 aromatic heterocycles. The second kappa shape index (κ2) is 4.07. The molecule has 0 bridgehead atoms. The molecule has 4 heteroatoms. The van der Waals surface area contributed by atoms with Crippen LogP contribution < -0.4 is 10.8 Å². The molecule has 76 valence electrons. The largest absolute Gasteiger partial charge is 0.306 e. The maximum Gasteiger partial charge on any atom is 0.260 e. The highest BCUT2D eigenvalue weighted by Gasteiger charge is 2.23. The Bertz CT molecular complexity index is 181. The predicted molar refractivity (Wildman–Crippen MR) is 50.0 cm³/mol. The van der Waals surface area contributed by atoms with E-state index in [1.54, 1.807) is 0 Å². The van der Waals surface area contributed by atoms with Crippen molar-refractivity contribution in [1.82, 2.24) is 10.8 Å². The van der Waals surface area contributed by atoms with Crippen molar-refractivity contribution in [1.29, 1.82) is 0 Å². The van der Waals surface area contributed by atoms with Crippen molar-refractivity contribution in [2.75, 3.05) is 6.54 Å². The molecule has 0 radical (unpaired) electrons. The maximum atomic E-state index is 11.4. The molecule has 1 saturated heterocycles. The third-order valence-electron chi connectivity index (χ3n) is 1.83. The van der Waals surface area contributed by atoms with E-state index < -0.39 is 0 Å². The minimum Gasteiger partial charge on any atom is -0.306 e. The molecular weight excluding hydrogens is 168 g/mol. The van der Waals surface area contributed by atoms with Gasteiger partial charge in [0.25, 0.3) is 5.91 Å². The third-order valence-corrected chi connectivity index (χ3v) is 1.83. The van der Waals surface area contributed by atoms with Crippen LogP contribution in [0.4, 0.5) is 0 Å². The zero-order chi connectivity index (χ0) is 9.90. The molecule has 1 heterocycles.